The summed E-state index contributed by atoms with van der Waals surface area (Å²) in [4.78, 5) is 0. The van der Waals surface area contributed by atoms with Gasteiger partial charge in [-0.2, -0.15) is 0 Å². The molecule has 0 saturated heterocycles. The highest BCUT2D eigenvalue weighted by molar-refractivity contribution is 5.18. The van der Waals surface area contributed by atoms with E-state index in [4.69, 9.17) is 0 Å². The predicted octanol–water partition coefficient (Wildman–Crippen LogP) is 3.44. The van der Waals surface area contributed by atoms with Crippen LogP contribution in [0.15, 0.2) is 24.3 Å². The summed E-state index contributed by atoms with van der Waals surface area (Å²) in [6, 6.07) is 0. The molecule has 0 amide bonds. The van der Waals surface area contributed by atoms with Crippen molar-refractivity contribution in [3.8, 4) is 0 Å². The van der Waals surface area contributed by atoms with Gasteiger partial charge in [0.15, 0.2) is 0 Å². The number of allylic oxidation sites excluding steroid dienone is 3. The van der Waals surface area contributed by atoms with Gasteiger partial charge in [0.05, 0.1) is 11.7 Å². The first-order valence-electron chi connectivity index (χ1n) is 8.86. The fourth-order valence-electron chi connectivity index (χ4n) is 5.67. The standard InChI is InChI=1S/C20H34O3/c1-7-13(2)9-10-14-19(5)12-8-11-18(3,4)16(19)15(21)17(22)20(14,6)23/h7,9,14-17,21-23H,1,8,10-12H2,2-6H3/b13-9+/t14-,15-,16-,17+,19-,20+/m1/s1. The Morgan fingerprint density at radius 1 is 1.17 bits per heavy atom. The van der Waals surface area contributed by atoms with Gasteiger partial charge in [0.25, 0.3) is 0 Å². The van der Waals surface area contributed by atoms with E-state index in [1.165, 1.54) is 0 Å². The third kappa shape index (κ3) is 2.92. The number of aliphatic hydroxyl groups is 3. The molecule has 2 saturated carbocycles. The van der Waals surface area contributed by atoms with Gasteiger partial charge in [-0.25, -0.2) is 0 Å². The molecule has 2 rings (SSSR count). The molecule has 0 aromatic carbocycles. The molecular weight excluding hydrogens is 288 g/mol. The first kappa shape index (κ1) is 18.7. The van der Waals surface area contributed by atoms with Crippen molar-refractivity contribution in [3.05, 3.63) is 24.3 Å². The molecule has 0 unspecified atom stereocenters. The molecule has 3 nitrogen and oxygen atoms in total. The van der Waals surface area contributed by atoms with Crippen molar-refractivity contribution in [1.82, 2.24) is 0 Å². The van der Waals surface area contributed by atoms with E-state index in [1.54, 1.807) is 6.92 Å². The second kappa shape index (κ2) is 6.02. The summed E-state index contributed by atoms with van der Waals surface area (Å²) in [5.41, 5.74) is -0.450. The van der Waals surface area contributed by atoms with E-state index in [-0.39, 0.29) is 22.7 Å². The van der Waals surface area contributed by atoms with Crippen molar-refractivity contribution in [2.75, 3.05) is 0 Å². The van der Waals surface area contributed by atoms with Gasteiger partial charge in [-0.3, -0.25) is 0 Å². The Hall–Kier alpha value is -0.640. The summed E-state index contributed by atoms with van der Waals surface area (Å²) in [6.45, 7) is 14.0. The highest BCUT2D eigenvalue weighted by Gasteiger charge is 2.64. The monoisotopic (exact) mass is 322 g/mol. The van der Waals surface area contributed by atoms with Crippen LogP contribution in [0.2, 0.25) is 0 Å². The topological polar surface area (TPSA) is 60.7 Å². The Bertz CT molecular complexity index is 491. The summed E-state index contributed by atoms with van der Waals surface area (Å²) in [7, 11) is 0. The summed E-state index contributed by atoms with van der Waals surface area (Å²) < 4.78 is 0. The summed E-state index contributed by atoms with van der Waals surface area (Å²) in [6.07, 6.45) is 5.73. The maximum Gasteiger partial charge on any atom is 0.109 e. The zero-order valence-corrected chi connectivity index (χ0v) is 15.3. The lowest BCUT2D eigenvalue weighted by molar-refractivity contribution is -0.265. The number of rotatable bonds is 3. The highest BCUT2D eigenvalue weighted by Crippen LogP contribution is 2.62. The van der Waals surface area contributed by atoms with E-state index in [1.807, 2.05) is 13.0 Å². The van der Waals surface area contributed by atoms with Crippen molar-refractivity contribution < 1.29 is 15.3 Å². The second-order valence-corrected chi connectivity index (χ2v) is 8.93. The highest BCUT2D eigenvalue weighted by atomic mass is 16.4. The molecule has 2 aliphatic carbocycles. The van der Waals surface area contributed by atoms with Gasteiger partial charge < -0.3 is 15.3 Å². The molecule has 0 spiro atoms. The van der Waals surface area contributed by atoms with E-state index in [0.29, 0.717) is 6.42 Å². The zero-order valence-electron chi connectivity index (χ0n) is 15.3. The van der Waals surface area contributed by atoms with Crippen LogP contribution in [0.3, 0.4) is 0 Å². The Kier molecular flexibility index (Phi) is 4.89. The van der Waals surface area contributed by atoms with Gasteiger partial charge in [-0.1, -0.05) is 51.5 Å². The van der Waals surface area contributed by atoms with Gasteiger partial charge >= 0.3 is 0 Å². The van der Waals surface area contributed by atoms with Crippen LogP contribution < -0.4 is 0 Å². The number of hydrogen-bond acceptors (Lipinski definition) is 3. The molecule has 132 valence electrons. The molecule has 2 aliphatic rings. The average molecular weight is 322 g/mol. The molecule has 0 aromatic heterocycles. The largest absolute Gasteiger partial charge is 0.390 e. The van der Waals surface area contributed by atoms with Crippen molar-refractivity contribution in [3.63, 3.8) is 0 Å². The van der Waals surface area contributed by atoms with Crippen LogP contribution in [0.25, 0.3) is 0 Å². The molecule has 3 N–H and O–H groups in total. The van der Waals surface area contributed by atoms with E-state index >= 15 is 0 Å². The van der Waals surface area contributed by atoms with Gasteiger partial charge in [0, 0.05) is 0 Å². The minimum atomic E-state index is -1.30. The normalized spacial score (nSPS) is 47.0. The molecule has 0 aromatic rings. The maximum absolute atomic E-state index is 11.1. The molecule has 3 heteroatoms. The van der Waals surface area contributed by atoms with E-state index in [9.17, 15) is 15.3 Å². The lowest BCUT2D eigenvalue weighted by Gasteiger charge is -2.64. The summed E-state index contributed by atoms with van der Waals surface area (Å²) in [5.74, 6) is -0.103. The first-order valence-corrected chi connectivity index (χ1v) is 8.86. The number of hydrogen-bond donors (Lipinski definition) is 3. The molecule has 0 radical (unpaired) electrons. The van der Waals surface area contributed by atoms with Crippen LogP contribution in [-0.4, -0.2) is 33.1 Å². The first-order chi connectivity index (χ1) is 10.5. The van der Waals surface area contributed by atoms with Crippen molar-refractivity contribution >= 4 is 0 Å². The van der Waals surface area contributed by atoms with Crippen molar-refractivity contribution in [2.45, 2.75) is 78.1 Å². The van der Waals surface area contributed by atoms with Crippen LogP contribution in [0.1, 0.15) is 60.3 Å². The Balaban J connectivity index is 2.49. The SMILES string of the molecule is C=C/C(C)=C/C[C@H]1[C@](C)(O)[C@@H](O)[C@H](O)[C@@H]2C(C)(C)CCC[C@@]21C. The molecule has 2 fully saturated rings. The van der Waals surface area contributed by atoms with Crippen LogP contribution in [0.4, 0.5) is 0 Å². The third-order valence-corrected chi connectivity index (χ3v) is 6.85. The minimum Gasteiger partial charge on any atom is -0.390 e. The third-order valence-electron chi connectivity index (χ3n) is 6.85. The van der Waals surface area contributed by atoms with Crippen LogP contribution in [-0.2, 0) is 0 Å². The molecule has 23 heavy (non-hydrogen) atoms. The number of aliphatic hydroxyl groups excluding tert-OH is 2. The smallest absolute Gasteiger partial charge is 0.109 e. The lowest BCUT2D eigenvalue weighted by atomic mass is 9.43. The van der Waals surface area contributed by atoms with Gasteiger partial charge in [0.2, 0.25) is 0 Å². The number of fused-ring (bicyclic) bond motifs is 1. The van der Waals surface area contributed by atoms with E-state index < -0.39 is 17.8 Å². The fourth-order valence-corrected chi connectivity index (χ4v) is 5.67. The molecule has 0 heterocycles. The van der Waals surface area contributed by atoms with E-state index in [0.717, 1.165) is 24.8 Å². The molecule has 0 aliphatic heterocycles. The maximum atomic E-state index is 11.1. The predicted molar refractivity (Wildman–Crippen MR) is 93.9 cm³/mol. The molecule has 0 bridgehead atoms. The quantitative estimate of drug-likeness (QED) is 0.698. The Morgan fingerprint density at radius 3 is 2.35 bits per heavy atom. The van der Waals surface area contributed by atoms with Crippen LogP contribution >= 0.6 is 0 Å². The van der Waals surface area contributed by atoms with Crippen LogP contribution in [0.5, 0.6) is 0 Å². The minimum absolute atomic E-state index is 0.0126. The summed E-state index contributed by atoms with van der Waals surface area (Å²) >= 11 is 0. The van der Waals surface area contributed by atoms with Gasteiger partial charge in [-0.05, 0) is 55.8 Å². The summed E-state index contributed by atoms with van der Waals surface area (Å²) in [5, 5.41) is 32.5. The van der Waals surface area contributed by atoms with Crippen molar-refractivity contribution in [1.29, 1.82) is 0 Å². The Morgan fingerprint density at radius 2 is 1.78 bits per heavy atom. The lowest BCUT2D eigenvalue weighted by Crippen LogP contribution is -2.69. The zero-order chi connectivity index (χ0) is 17.6. The van der Waals surface area contributed by atoms with Gasteiger partial charge in [0.1, 0.15) is 6.10 Å². The van der Waals surface area contributed by atoms with E-state index in [2.05, 4.69) is 33.4 Å². The second-order valence-electron chi connectivity index (χ2n) is 8.93. The molecular formula is C20H34O3. The van der Waals surface area contributed by atoms with Crippen molar-refractivity contribution in [2.24, 2.45) is 22.7 Å². The van der Waals surface area contributed by atoms with Gasteiger partial charge in [-0.15, -0.1) is 0 Å². The fraction of sp³-hybridized carbons (Fsp3) is 0.800. The Labute approximate surface area is 141 Å². The molecule has 6 atom stereocenters. The van der Waals surface area contributed by atoms with Crippen LogP contribution in [0, 0.1) is 22.7 Å². The average Bonchev–Trinajstić information content (AvgIpc) is 2.43.